The maximum absolute atomic E-state index is 12.1. The van der Waals surface area contributed by atoms with Gasteiger partial charge in [-0.3, -0.25) is 5.32 Å². The van der Waals surface area contributed by atoms with Crippen LogP contribution in [0.15, 0.2) is 48.5 Å². The number of nitrogens with one attached hydrogen (secondary N) is 2. The molecule has 1 unspecified atom stereocenters. The predicted molar refractivity (Wildman–Crippen MR) is 119 cm³/mol. The number of rotatable bonds is 13. The van der Waals surface area contributed by atoms with Gasteiger partial charge in [0.25, 0.3) is 0 Å². The van der Waals surface area contributed by atoms with Gasteiger partial charge >= 0.3 is 12.1 Å². The van der Waals surface area contributed by atoms with E-state index in [4.69, 9.17) is 18.9 Å². The first-order valence-corrected chi connectivity index (χ1v) is 10.4. The Morgan fingerprint density at radius 3 is 2.41 bits per heavy atom. The minimum atomic E-state index is -0.862. The van der Waals surface area contributed by atoms with Crippen LogP contribution >= 0.6 is 0 Å². The van der Waals surface area contributed by atoms with Crippen molar-refractivity contribution in [2.75, 3.05) is 45.3 Å². The van der Waals surface area contributed by atoms with E-state index >= 15 is 0 Å². The molecule has 174 valence electrons. The fourth-order valence-electron chi connectivity index (χ4n) is 2.59. The Labute approximate surface area is 187 Å². The van der Waals surface area contributed by atoms with Crippen LogP contribution in [0.25, 0.3) is 0 Å². The Balaban J connectivity index is 1.63. The number of amides is 1. The zero-order valence-corrected chi connectivity index (χ0v) is 18.3. The second-order valence-corrected chi connectivity index (χ2v) is 6.79. The Hall–Kier alpha value is -3.30. The molecule has 9 nitrogen and oxygen atoms in total. The number of hydrogen-bond acceptors (Lipinski definition) is 8. The van der Waals surface area contributed by atoms with E-state index in [1.807, 2.05) is 31.2 Å². The summed E-state index contributed by atoms with van der Waals surface area (Å²) in [7, 11) is 1.58. The lowest BCUT2D eigenvalue weighted by Gasteiger charge is -2.14. The number of aliphatic hydroxyl groups excluding tert-OH is 1. The molecule has 2 aromatic rings. The van der Waals surface area contributed by atoms with Gasteiger partial charge in [0.2, 0.25) is 0 Å². The third kappa shape index (κ3) is 8.83. The lowest BCUT2D eigenvalue weighted by Crippen LogP contribution is -2.33. The van der Waals surface area contributed by atoms with Gasteiger partial charge < -0.3 is 29.4 Å². The SMILES string of the molecule is CCCOC(=O)Nc1ccc(C(=O)OCC(O)CNCCOc2ccccc2OC)cc1. The van der Waals surface area contributed by atoms with Crippen LogP contribution in [0.5, 0.6) is 11.5 Å². The molecule has 3 N–H and O–H groups in total. The molecule has 1 atom stereocenters. The van der Waals surface area contributed by atoms with Crippen molar-refractivity contribution in [3.8, 4) is 11.5 Å². The number of carbonyl (C=O) groups is 2. The number of hydrogen-bond donors (Lipinski definition) is 3. The van der Waals surface area contributed by atoms with Gasteiger partial charge in [-0.05, 0) is 42.8 Å². The predicted octanol–water partition coefficient (Wildman–Crippen LogP) is 2.84. The van der Waals surface area contributed by atoms with Crippen molar-refractivity contribution in [3.05, 3.63) is 54.1 Å². The maximum Gasteiger partial charge on any atom is 0.411 e. The summed E-state index contributed by atoms with van der Waals surface area (Å²) in [6.45, 7) is 3.21. The summed E-state index contributed by atoms with van der Waals surface area (Å²) in [4.78, 5) is 23.6. The number of aliphatic hydroxyl groups is 1. The molecule has 0 spiro atoms. The van der Waals surface area contributed by atoms with Crippen LogP contribution in [0.4, 0.5) is 10.5 Å². The first kappa shape index (κ1) is 25.0. The molecule has 32 heavy (non-hydrogen) atoms. The highest BCUT2D eigenvalue weighted by Gasteiger charge is 2.12. The van der Waals surface area contributed by atoms with Crippen LogP contribution in [0, 0.1) is 0 Å². The van der Waals surface area contributed by atoms with Gasteiger partial charge in [-0.15, -0.1) is 0 Å². The van der Waals surface area contributed by atoms with E-state index in [1.165, 1.54) is 12.1 Å². The van der Waals surface area contributed by atoms with Gasteiger partial charge in [0, 0.05) is 18.8 Å². The van der Waals surface area contributed by atoms with E-state index in [2.05, 4.69) is 10.6 Å². The minimum absolute atomic E-state index is 0.150. The van der Waals surface area contributed by atoms with Crippen LogP contribution < -0.4 is 20.1 Å². The highest BCUT2D eigenvalue weighted by molar-refractivity contribution is 5.91. The number of anilines is 1. The normalized spacial score (nSPS) is 11.3. The van der Waals surface area contributed by atoms with E-state index in [0.717, 1.165) is 6.42 Å². The Morgan fingerprint density at radius 1 is 1.00 bits per heavy atom. The molecule has 0 radical (unpaired) electrons. The van der Waals surface area contributed by atoms with Crippen molar-refractivity contribution in [1.82, 2.24) is 5.32 Å². The summed E-state index contributed by atoms with van der Waals surface area (Å²) in [6, 6.07) is 13.5. The van der Waals surface area contributed by atoms with Gasteiger partial charge in [0.05, 0.1) is 19.3 Å². The highest BCUT2D eigenvalue weighted by atomic mass is 16.5. The van der Waals surface area contributed by atoms with Crippen molar-refractivity contribution in [2.45, 2.75) is 19.4 Å². The highest BCUT2D eigenvalue weighted by Crippen LogP contribution is 2.25. The van der Waals surface area contributed by atoms with Crippen molar-refractivity contribution >= 4 is 17.7 Å². The standard InChI is InChI=1S/C23H30N2O7/c1-3-13-31-23(28)25-18-10-8-17(9-11-18)22(27)32-16-19(26)15-24-12-14-30-21-7-5-4-6-20(21)29-2/h4-11,19,24,26H,3,12-16H2,1-2H3,(H,25,28). The quantitative estimate of drug-likeness (QED) is 0.318. The molecule has 0 fully saturated rings. The second-order valence-electron chi connectivity index (χ2n) is 6.79. The molecule has 2 aromatic carbocycles. The first-order valence-electron chi connectivity index (χ1n) is 10.4. The van der Waals surface area contributed by atoms with E-state index in [1.54, 1.807) is 19.2 Å². The van der Waals surface area contributed by atoms with Crippen LogP contribution in [0.3, 0.4) is 0 Å². The fourth-order valence-corrected chi connectivity index (χ4v) is 2.59. The van der Waals surface area contributed by atoms with Crippen molar-refractivity contribution in [1.29, 1.82) is 0 Å². The third-order valence-electron chi connectivity index (χ3n) is 4.20. The Bertz CT molecular complexity index is 842. The number of carbonyl (C=O) groups excluding carboxylic acids is 2. The molecule has 0 aliphatic rings. The van der Waals surface area contributed by atoms with E-state index in [9.17, 15) is 14.7 Å². The zero-order chi connectivity index (χ0) is 23.2. The second kappa shape index (κ2) is 13.9. The Morgan fingerprint density at radius 2 is 1.72 bits per heavy atom. The molecular weight excluding hydrogens is 416 g/mol. The van der Waals surface area contributed by atoms with E-state index < -0.39 is 18.2 Å². The lowest BCUT2D eigenvalue weighted by atomic mass is 10.2. The van der Waals surface area contributed by atoms with Gasteiger partial charge in [-0.1, -0.05) is 19.1 Å². The van der Waals surface area contributed by atoms with Gasteiger partial charge in [0.1, 0.15) is 19.3 Å². The average molecular weight is 447 g/mol. The topological polar surface area (TPSA) is 115 Å². The van der Waals surface area contributed by atoms with Crippen LogP contribution in [0.1, 0.15) is 23.7 Å². The summed E-state index contributed by atoms with van der Waals surface area (Å²) >= 11 is 0. The van der Waals surface area contributed by atoms with Gasteiger partial charge in [-0.25, -0.2) is 9.59 Å². The number of para-hydroxylation sites is 2. The average Bonchev–Trinajstić information content (AvgIpc) is 2.81. The minimum Gasteiger partial charge on any atom is -0.493 e. The van der Waals surface area contributed by atoms with Crippen molar-refractivity contribution < 1.29 is 33.6 Å². The fraction of sp³-hybridized carbons (Fsp3) is 0.391. The van der Waals surface area contributed by atoms with Crippen molar-refractivity contribution in [3.63, 3.8) is 0 Å². The molecule has 2 rings (SSSR count). The third-order valence-corrected chi connectivity index (χ3v) is 4.20. The molecule has 0 saturated heterocycles. The number of benzene rings is 2. The molecule has 0 bridgehead atoms. The van der Waals surface area contributed by atoms with E-state index in [-0.39, 0.29) is 13.2 Å². The molecule has 9 heteroatoms. The number of esters is 1. The number of ether oxygens (including phenoxy) is 4. The van der Waals surface area contributed by atoms with Gasteiger partial charge in [0.15, 0.2) is 11.5 Å². The van der Waals surface area contributed by atoms with Crippen LogP contribution in [-0.4, -0.2) is 63.3 Å². The summed E-state index contributed by atoms with van der Waals surface area (Å²) in [5.41, 5.74) is 0.810. The lowest BCUT2D eigenvalue weighted by molar-refractivity contribution is 0.0258. The largest absolute Gasteiger partial charge is 0.493 e. The zero-order valence-electron chi connectivity index (χ0n) is 18.3. The maximum atomic E-state index is 12.1. The molecule has 0 saturated carbocycles. The molecule has 0 heterocycles. The molecule has 0 aliphatic carbocycles. The molecule has 0 aromatic heterocycles. The molecule has 0 aliphatic heterocycles. The summed E-state index contributed by atoms with van der Waals surface area (Å²) in [5.74, 6) is 0.730. The van der Waals surface area contributed by atoms with Crippen LogP contribution in [-0.2, 0) is 9.47 Å². The van der Waals surface area contributed by atoms with E-state index in [0.29, 0.717) is 42.5 Å². The smallest absolute Gasteiger partial charge is 0.411 e. The van der Waals surface area contributed by atoms with Crippen molar-refractivity contribution in [2.24, 2.45) is 0 Å². The monoisotopic (exact) mass is 446 g/mol. The summed E-state index contributed by atoms with van der Waals surface area (Å²) < 4.78 is 20.9. The number of methoxy groups -OCH3 is 1. The molecular formula is C23H30N2O7. The summed E-state index contributed by atoms with van der Waals surface area (Å²) in [5, 5.41) is 15.6. The first-order chi connectivity index (χ1) is 15.5. The summed E-state index contributed by atoms with van der Waals surface area (Å²) in [6.07, 6.45) is -0.679. The van der Waals surface area contributed by atoms with Gasteiger partial charge in [-0.2, -0.15) is 0 Å². The van der Waals surface area contributed by atoms with Crippen LogP contribution in [0.2, 0.25) is 0 Å². The Kier molecular flexibility index (Phi) is 10.8. The molecule has 1 amide bonds.